The number of halogens is 1. The average molecular weight is 202 g/mol. The molecule has 0 aliphatic heterocycles. The first-order chi connectivity index (χ1) is 5.65. The number of methoxy groups -OCH3 is 1. The second-order valence-electron chi connectivity index (χ2n) is 3.02. The van der Waals surface area contributed by atoms with Crippen molar-refractivity contribution in [3.63, 3.8) is 0 Å². The number of aryl methyl sites for hydroxylation is 1. The molecule has 3 heteroatoms. The lowest BCUT2D eigenvalue weighted by molar-refractivity contribution is 0.411. The Morgan fingerprint density at radius 3 is 2.46 bits per heavy atom. The molecule has 0 aromatic heterocycles. The summed E-state index contributed by atoms with van der Waals surface area (Å²) in [5, 5.41) is 0. The zero-order valence-electron chi connectivity index (χ0n) is 8.20. The lowest BCUT2D eigenvalue weighted by atomic mass is 10.1. The lowest BCUT2D eigenvalue weighted by Crippen LogP contribution is -2.05. The summed E-state index contributed by atoms with van der Waals surface area (Å²) in [7, 11) is 1.67. The number of rotatable bonds is 2. The Bertz CT molecular complexity index is 274. The van der Waals surface area contributed by atoms with Crippen LogP contribution < -0.4 is 10.5 Å². The fourth-order valence-electron chi connectivity index (χ4n) is 1.12. The van der Waals surface area contributed by atoms with E-state index in [1.807, 2.05) is 32.0 Å². The predicted molar refractivity (Wildman–Crippen MR) is 57.6 cm³/mol. The molecule has 1 aromatic rings. The molecule has 74 valence electrons. The lowest BCUT2D eigenvalue weighted by Gasteiger charge is -2.09. The zero-order chi connectivity index (χ0) is 9.14. The summed E-state index contributed by atoms with van der Waals surface area (Å²) in [4.78, 5) is 0. The minimum absolute atomic E-state index is 0. The van der Waals surface area contributed by atoms with E-state index in [1.165, 1.54) is 0 Å². The van der Waals surface area contributed by atoms with E-state index in [0.29, 0.717) is 0 Å². The maximum atomic E-state index is 5.73. The molecule has 2 nitrogen and oxygen atoms in total. The van der Waals surface area contributed by atoms with E-state index in [4.69, 9.17) is 10.5 Å². The molecule has 0 aliphatic rings. The van der Waals surface area contributed by atoms with E-state index in [-0.39, 0.29) is 18.4 Å². The molecule has 13 heavy (non-hydrogen) atoms. The van der Waals surface area contributed by atoms with Crippen LogP contribution in [0.25, 0.3) is 0 Å². The van der Waals surface area contributed by atoms with Crippen molar-refractivity contribution < 1.29 is 4.74 Å². The second kappa shape index (κ2) is 5.10. The molecule has 0 unspecified atom stereocenters. The van der Waals surface area contributed by atoms with Crippen molar-refractivity contribution in [1.29, 1.82) is 0 Å². The molecule has 0 heterocycles. The standard InChI is InChI=1S/C10H15NO.ClH/c1-7-4-5-9(8(2)11)6-10(7)12-3;/h4-6,8H,11H2,1-3H3;1H/t8-;/m1./s1. The normalized spacial score (nSPS) is 11.7. The van der Waals surface area contributed by atoms with Crippen LogP contribution in [0.3, 0.4) is 0 Å². The van der Waals surface area contributed by atoms with Crippen LogP contribution in [-0.2, 0) is 0 Å². The van der Waals surface area contributed by atoms with E-state index in [2.05, 4.69) is 0 Å². The van der Waals surface area contributed by atoms with E-state index in [0.717, 1.165) is 16.9 Å². The van der Waals surface area contributed by atoms with Gasteiger partial charge in [0.1, 0.15) is 5.75 Å². The van der Waals surface area contributed by atoms with Crippen molar-refractivity contribution in [2.75, 3.05) is 7.11 Å². The molecule has 0 bridgehead atoms. The summed E-state index contributed by atoms with van der Waals surface area (Å²) in [6, 6.07) is 6.11. The Morgan fingerprint density at radius 1 is 1.38 bits per heavy atom. The highest BCUT2D eigenvalue weighted by atomic mass is 35.5. The van der Waals surface area contributed by atoms with E-state index >= 15 is 0 Å². The van der Waals surface area contributed by atoms with Gasteiger partial charge in [0.15, 0.2) is 0 Å². The minimum Gasteiger partial charge on any atom is -0.496 e. The summed E-state index contributed by atoms with van der Waals surface area (Å²) in [5.41, 5.74) is 7.98. The summed E-state index contributed by atoms with van der Waals surface area (Å²) >= 11 is 0. The van der Waals surface area contributed by atoms with Crippen molar-refractivity contribution in [3.8, 4) is 5.75 Å². The number of benzene rings is 1. The summed E-state index contributed by atoms with van der Waals surface area (Å²) < 4.78 is 5.18. The Balaban J connectivity index is 0.00000144. The highest BCUT2D eigenvalue weighted by Gasteiger charge is 2.02. The Hall–Kier alpha value is -0.730. The van der Waals surface area contributed by atoms with Crippen LogP contribution in [0.2, 0.25) is 0 Å². The third-order valence-electron chi connectivity index (χ3n) is 1.96. The summed E-state index contributed by atoms with van der Waals surface area (Å²) in [6.45, 7) is 3.98. The highest BCUT2D eigenvalue weighted by Crippen LogP contribution is 2.21. The third-order valence-corrected chi connectivity index (χ3v) is 1.96. The first-order valence-corrected chi connectivity index (χ1v) is 4.05. The Kier molecular flexibility index (Phi) is 4.81. The number of hydrogen-bond donors (Lipinski definition) is 1. The van der Waals surface area contributed by atoms with Gasteiger partial charge in [-0.2, -0.15) is 0 Å². The van der Waals surface area contributed by atoms with Gasteiger partial charge >= 0.3 is 0 Å². The van der Waals surface area contributed by atoms with Crippen molar-refractivity contribution >= 4 is 12.4 Å². The van der Waals surface area contributed by atoms with Crippen molar-refractivity contribution in [3.05, 3.63) is 29.3 Å². The average Bonchev–Trinajstić information content (AvgIpc) is 2.05. The maximum Gasteiger partial charge on any atom is 0.122 e. The minimum atomic E-state index is 0. The molecule has 2 N–H and O–H groups in total. The van der Waals surface area contributed by atoms with Crippen LogP contribution >= 0.6 is 12.4 Å². The van der Waals surface area contributed by atoms with E-state index in [9.17, 15) is 0 Å². The smallest absolute Gasteiger partial charge is 0.122 e. The van der Waals surface area contributed by atoms with Gasteiger partial charge in [-0.3, -0.25) is 0 Å². The molecule has 0 spiro atoms. The zero-order valence-corrected chi connectivity index (χ0v) is 9.02. The summed E-state index contributed by atoms with van der Waals surface area (Å²) in [6.07, 6.45) is 0. The molecule has 1 rings (SSSR count). The fourth-order valence-corrected chi connectivity index (χ4v) is 1.12. The molecule has 1 atom stereocenters. The van der Waals surface area contributed by atoms with Gasteiger partial charge in [-0.15, -0.1) is 12.4 Å². The second-order valence-corrected chi connectivity index (χ2v) is 3.02. The molecule has 0 aliphatic carbocycles. The van der Waals surface area contributed by atoms with E-state index < -0.39 is 0 Å². The number of hydrogen-bond acceptors (Lipinski definition) is 2. The largest absolute Gasteiger partial charge is 0.496 e. The van der Waals surface area contributed by atoms with Gasteiger partial charge in [0.25, 0.3) is 0 Å². The number of nitrogens with two attached hydrogens (primary N) is 1. The first kappa shape index (κ1) is 12.3. The van der Waals surface area contributed by atoms with Crippen molar-refractivity contribution in [1.82, 2.24) is 0 Å². The molecule has 1 aromatic carbocycles. The van der Waals surface area contributed by atoms with Crippen LogP contribution in [-0.4, -0.2) is 7.11 Å². The molecule has 0 fully saturated rings. The predicted octanol–water partition coefficient (Wildman–Crippen LogP) is 2.45. The molecule has 0 saturated carbocycles. The third kappa shape index (κ3) is 2.90. The first-order valence-electron chi connectivity index (χ1n) is 4.05. The molecular formula is C10H16ClNO. The molecule has 0 amide bonds. The van der Waals surface area contributed by atoms with Crippen LogP contribution in [0, 0.1) is 6.92 Å². The Labute approximate surface area is 85.5 Å². The monoisotopic (exact) mass is 201 g/mol. The molecular weight excluding hydrogens is 186 g/mol. The van der Waals surface area contributed by atoms with Gasteiger partial charge in [-0.25, -0.2) is 0 Å². The summed E-state index contributed by atoms with van der Waals surface area (Å²) in [5.74, 6) is 0.907. The Morgan fingerprint density at radius 2 is 2.00 bits per heavy atom. The van der Waals surface area contributed by atoms with Crippen LogP contribution in [0.15, 0.2) is 18.2 Å². The highest BCUT2D eigenvalue weighted by molar-refractivity contribution is 5.85. The quantitative estimate of drug-likeness (QED) is 0.798. The SMILES string of the molecule is COc1cc([C@@H](C)N)ccc1C.Cl. The van der Waals surface area contributed by atoms with Gasteiger partial charge in [-0.1, -0.05) is 12.1 Å². The van der Waals surface area contributed by atoms with E-state index in [1.54, 1.807) is 7.11 Å². The van der Waals surface area contributed by atoms with Crippen molar-refractivity contribution in [2.45, 2.75) is 19.9 Å². The van der Waals surface area contributed by atoms with Gasteiger partial charge in [0.05, 0.1) is 7.11 Å². The van der Waals surface area contributed by atoms with Crippen molar-refractivity contribution in [2.24, 2.45) is 5.73 Å². The van der Waals surface area contributed by atoms with Crippen LogP contribution in [0.1, 0.15) is 24.1 Å². The molecule has 0 radical (unpaired) electrons. The van der Waals surface area contributed by atoms with Crippen LogP contribution in [0.5, 0.6) is 5.75 Å². The molecule has 0 saturated heterocycles. The number of ether oxygens (including phenoxy) is 1. The maximum absolute atomic E-state index is 5.73. The topological polar surface area (TPSA) is 35.2 Å². The fraction of sp³-hybridized carbons (Fsp3) is 0.400. The van der Waals surface area contributed by atoms with Gasteiger partial charge in [0, 0.05) is 6.04 Å². The van der Waals surface area contributed by atoms with Gasteiger partial charge in [0.2, 0.25) is 0 Å². The van der Waals surface area contributed by atoms with Gasteiger partial charge in [-0.05, 0) is 31.0 Å². The van der Waals surface area contributed by atoms with Gasteiger partial charge < -0.3 is 10.5 Å². The van der Waals surface area contributed by atoms with Crippen LogP contribution in [0.4, 0.5) is 0 Å².